The van der Waals surface area contributed by atoms with Crippen LogP contribution in [0.5, 0.6) is 0 Å². The van der Waals surface area contributed by atoms with Gasteiger partial charge in [-0.3, -0.25) is 4.79 Å². The lowest BCUT2D eigenvalue weighted by molar-refractivity contribution is -0.143. The minimum atomic E-state index is -0.282. The van der Waals surface area contributed by atoms with Crippen molar-refractivity contribution in [2.24, 2.45) is 0 Å². The first-order valence-electron chi connectivity index (χ1n) is 5.00. The summed E-state index contributed by atoms with van der Waals surface area (Å²) in [6.07, 6.45) is 0.682. The number of hydrogen-bond donors (Lipinski definition) is 1. The number of thiophene rings is 1. The summed E-state index contributed by atoms with van der Waals surface area (Å²) in [7, 11) is 1.38. The van der Waals surface area contributed by atoms with Crippen LogP contribution in [-0.2, 0) is 16.1 Å². The van der Waals surface area contributed by atoms with Gasteiger partial charge in [-0.2, -0.15) is 5.26 Å². The van der Waals surface area contributed by atoms with Gasteiger partial charge in [-0.15, -0.1) is 11.3 Å². The van der Waals surface area contributed by atoms with Gasteiger partial charge < -0.3 is 10.1 Å². The van der Waals surface area contributed by atoms with Crippen LogP contribution < -0.4 is 5.32 Å². The minimum absolute atomic E-state index is 0.252. The van der Waals surface area contributed by atoms with Crippen molar-refractivity contribution >= 4 is 17.3 Å². The number of ether oxygens (including phenoxy) is 1. The van der Waals surface area contributed by atoms with Gasteiger partial charge in [0.25, 0.3) is 0 Å². The zero-order chi connectivity index (χ0) is 12.0. The first-order valence-corrected chi connectivity index (χ1v) is 5.88. The Kier molecular flexibility index (Phi) is 4.96. The van der Waals surface area contributed by atoms with Crippen molar-refractivity contribution in [3.63, 3.8) is 0 Å². The first kappa shape index (κ1) is 12.7. The number of nitrogens with one attached hydrogen (secondary N) is 1. The molecule has 1 atom stereocenters. The lowest BCUT2D eigenvalue weighted by Crippen LogP contribution is -2.36. The van der Waals surface area contributed by atoms with Gasteiger partial charge in [0.15, 0.2) is 0 Å². The zero-order valence-electron chi connectivity index (χ0n) is 9.32. The van der Waals surface area contributed by atoms with Crippen LogP contribution in [0, 0.1) is 11.3 Å². The second-order valence-corrected chi connectivity index (χ2v) is 4.21. The van der Waals surface area contributed by atoms with Gasteiger partial charge in [-0.1, -0.05) is 6.92 Å². The van der Waals surface area contributed by atoms with E-state index in [2.05, 4.69) is 16.1 Å². The van der Waals surface area contributed by atoms with Crippen molar-refractivity contribution < 1.29 is 9.53 Å². The predicted octanol–water partition coefficient (Wildman–Crippen LogP) is 1.66. The van der Waals surface area contributed by atoms with Crippen molar-refractivity contribution in [3.8, 4) is 6.07 Å². The fourth-order valence-corrected chi connectivity index (χ4v) is 2.01. The number of esters is 1. The maximum atomic E-state index is 11.3. The second kappa shape index (κ2) is 6.26. The number of nitriles is 1. The van der Waals surface area contributed by atoms with E-state index in [4.69, 9.17) is 5.26 Å². The number of methoxy groups -OCH3 is 1. The van der Waals surface area contributed by atoms with Crippen LogP contribution in [0.25, 0.3) is 0 Å². The standard InChI is InChI=1S/C11H14N2O2S/c1-3-10(11(14)15-2)13-6-8-4-9(5-12)16-7-8/h4,7,10,13H,3,6H2,1-2H3. The van der Waals surface area contributed by atoms with E-state index < -0.39 is 0 Å². The smallest absolute Gasteiger partial charge is 0.322 e. The van der Waals surface area contributed by atoms with E-state index in [1.807, 2.05) is 18.4 Å². The fraction of sp³-hybridized carbons (Fsp3) is 0.455. The molecule has 0 saturated heterocycles. The van der Waals surface area contributed by atoms with Gasteiger partial charge in [0.05, 0.1) is 7.11 Å². The summed E-state index contributed by atoms with van der Waals surface area (Å²) < 4.78 is 4.67. The molecule has 1 N–H and O–H groups in total. The minimum Gasteiger partial charge on any atom is -0.468 e. The van der Waals surface area contributed by atoms with Gasteiger partial charge >= 0.3 is 5.97 Å². The van der Waals surface area contributed by atoms with Crippen LogP contribution in [0.4, 0.5) is 0 Å². The molecule has 4 nitrogen and oxygen atoms in total. The highest BCUT2D eigenvalue weighted by molar-refractivity contribution is 7.10. The van der Waals surface area contributed by atoms with Crippen molar-refractivity contribution in [3.05, 3.63) is 21.9 Å². The average Bonchev–Trinajstić information content (AvgIpc) is 2.77. The molecule has 1 heterocycles. The van der Waals surface area contributed by atoms with E-state index in [9.17, 15) is 4.79 Å². The number of carbonyl (C=O) groups excluding carboxylic acids is 1. The molecule has 0 bridgehead atoms. The molecule has 1 unspecified atom stereocenters. The van der Waals surface area contributed by atoms with Gasteiger partial charge in [-0.25, -0.2) is 0 Å². The number of nitrogens with zero attached hydrogens (tertiary/aromatic N) is 1. The highest BCUT2D eigenvalue weighted by atomic mass is 32.1. The Morgan fingerprint density at radius 3 is 3.00 bits per heavy atom. The highest BCUT2D eigenvalue weighted by Gasteiger charge is 2.15. The first-order chi connectivity index (χ1) is 7.71. The highest BCUT2D eigenvalue weighted by Crippen LogP contribution is 2.13. The molecule has 0 fully saturated rings. The fourth-order valence-electron chi connectivity index (χ4n) is 1.30. The van der Waals surface area contributed by atoms with Gasteiger partial charge in [0.2, 0.25) is 0 Å². The SMILES string of the molecule is CCC(NCc1csc(C#N)c1)C(=O)OC. The molecule has 0 spiro atoms. The van der Waals surface area contributed by atoms with Gasteiger partial charge in [0, 0.05) is 6.54 Å². The average molecular weight is 238 g/mol. The summed E-state index contributed by atoms with van der Waals surface area (Å²) in [6.45, 7) is 2.49. The molecule has 1 aromatic heterocycles. The van der Waals surface area contributed by atoms with Crippen LogP contribution in [0.15, 0.2) is 11.4 Å². The third kappa shape index (κ3) is 3.33. The molecule has 5 heteroatoms. The molecule has 0 radical (unpaired) electrons. The molecular weight excluding hydrogens is 224 g/mol. The summed E-state index contributed by atoms with van der Waals surface area (Å²) in [5, 5.41) is 13.7. The zero-order valence-corrected chi connectivity index (χ0v) is 10.1. The van der Waals surface area contributed by atoms with E-state index in [1.54, 1.807) is 0 Å². The van der Waals surface area contributed by atoms with Crippen molar-refractivity contribution in [2.75, 3.05) is 7.11 Å². The lowest BCUT2D eigenvalue weighted by atomic mass is 10.2. The Labute approximate surface area is 98.8 Å². The van der Waals surface area contributed by atoms with Crippen LogP contribution in [0.2, 0.25) is 0 Å². The van der Waals surface area contributed by atoms with Crippen molar-refractivity contribution in [1.82, 2.24) is 5.32 Å². The molecule has 0 aliphatic carbocycles. The molecule has 86 valence electrons. The van der Waals surface area contributed by atoms with E-state index in [0.717, 1.165) is 5.56 Å². The van der Waals surface area contributed by atoms with E-state index in [-0.39, 0.29) is 12.0 Å². The maximum Gasteiger partial charge on any atom is 0.322 e. The number of hydrogen-bond acceptors (Lipinski definition) is 5. The largest absolute Gasteiger partial charge is 0.468 e. The molecule has 1 aromatic rings. The van der Waals surface area contributed by atoms with E-state index in [0.29, 0.717) is 17.8 Å². The molecule has 0 aliphatic rings. The van der Waals surface area contributed by atoms with E-state index in [1.165, 1.54) is 18.4 Å². The number of carbonyl (C=O) groups is 1. The van der Waals surface area contributed by atoms with Crippen molar-refractivity contribution in [1.29, 1.82) is 5.26 Å². The molecule has 0 amide bonds. The molecule has 0 saturated carbocycles. The molecular formula is C11H14N2O2S. The topological polar surface area (TPSA) is 62.1 Å². The van der Waals surface area contributed by atoms with Crippen LogP contribution >= 0.6 is 11.3 Å². The normalized spacial score (nSPS) is 11.8. The Hall–Kier alpha value is -1.38. The summed E-state index contributed by atoms with van der Waals surface area (Å²) in [5.74, 6) is -0.252. The molecule has 0 aliphatic heterocycles. The quantitative estimate of drug-likeness (QED) is 0.792. The Bertz CT molecular complexity index is 395. The van der Waals surface area contributed by atoms with Crippen molar-refractivity contribution in [2.45, 2.75) is 25.9 Å². The summed E-state index contributed by atoms with van der Waals surface area (Å²) in [4.78, 5) is 12.0. The molecule has 16 heavy (non-hydrogen) atoms. The maximum absolute atomic E-state index is 11.3. The third-order valence-corrected chi connectivity index (χ3v) is 3.09. The predicted molar refractivity (Wildman–Crippen MR) is 62.0 cm³/mol. The summed E-state index contributed by atoms with van der Waals surface area (Å²) in [6, 6.07) is 3.62. The third-order valence-electron chi connectivity index (χ3n) is 2.21. The van der Waals surface area contributed by atoms with Crippen LogP contribution in [-0.4, -0.2) is 19.1 Å². The van der Waals surface area contributed by atoms with Crippen LogP contribution in [0.1, 0.15) is 23.8 Å². The van der Waals surface area contributed by atoms with Gasteiger partial charge in [0.1, 0.15) is 17.0 Å². The van der Waals surface area contributed by atoms with Gasteiger partial charge in [-0.05, 0) is 23.4 Å². The molecule has 1 rings (SSSR count). The Morgan fingerprint density at radius 1 is 1.75 bits per heavy atom. The Balaban J connectivity index is 2.50. The lowest BCUT2D eigenvalue weighted by Gasteiger charge is -2.13. The summed E-state index contributed by atoms with van der Waals surface area (Å²) in [5.41, 5.74) is 1.02. The summed E-state index contributed by atoms with van der Waals surface area (Å²) >= 11 is 1.41. The van der Waals surface area contributed by atoms with Crippen LogP contribution in [0.3, 0.4) is 0 Å². The molecule has 0 aromatic carbocycles. The number of rotatable bonds is 5. The second-order valence-electron chi connectivity index (χ2n) is 3.30. The van der Waals surface area contributed by atoms with E-state index >= 15 is 0 Å². The Morgan fingerprint density at radius 2 is 2.50 bits per heavy atom. The monoisotopic (exact) mass is 238 g/mol.